The van der Waals surface area contributed by atoms with Crippen LogP contribution in [0.4, 0.5) is 0 Å². The first kappa shape index (κ1) is 14.5. The van der Waals surface area contributed by atoms with E-state index in [1.165, 1.54) is 0 Å². The highest BCUT2D eigenvalue weighted by atomic mass is 79.9. The van der Waals surface area contributed by atoms with E-state index in [2.05, 4.69) is 36.7 Å². The van der Waals surface area contributed by atoms with Gasteiger partial charge in [-0.25, -0.2) is 4.79 Å². The molecule has 3 aliphatic rings. The van der Waals surface area contributed by atoms with E-state index in [1.807, 2.05) is 0 Å². The fourth-order valence-electron chi connectivity index (χ4n) is 4.19. The summed E-state index contributed by atoms with van der Waals surface area (Å²) in [6, 6.07) is 0. The molecule has 0 aromatic carbocycles. The lowest BCUT2D eigenvalue weighted by molar-refractivity contribution is -0.173. The summed E-state index contributed by atoms with van der Waals surface area (Å²) in [6.45, 7) is 6.62. The van der Waals surface area contributed by atoms with Gasteiger partial charge in [0.2, 0.25) is 0 Å². The van der Waals surface area contributed by atoms with E-state index in [9.17, 15) is 9.90 Å². The van der Waals surface area contributed by atoms with Gasteiger partial charge in [0, 0.05) is 10.7 Å². The average Bonchev–Trinajstić information content (AvgIpc) is 2.60. The van der Waals surface area contributed by atoms with E-state index in [0.717, 1.165) is 12.8 Å². The molecule has 0 aromatic rings. The Bertz CT molecular complexity index is 472. The second kappa shape index (κ2) is 4.55. The smallest absolute Gasteiger partial charge is 0.336 e. The molecule has 20 heavy (non-hydrogen) atoms. The predicted octanol–water partition coefficient (Wildman–Crippen LogP) is 2.19. The number of fused-ring (bicyclic) bond motifs is 2. The number of halogens is 1. The van der Waals surface area contributed by atoms with E-state index < -0.39 is 11.7 Å². The van der Waals surface area contributed by atoms with Crippen LogP contribution in [0.15, 0.2) is 11.6 Å². The van der Waals surface area contributed by atoms with Crippen LogP contribution in [0.1, 0.15) is 33.6 Å². The summed E-state index contributed by atoms with van der Waals surface area (Å²) >= 11 is 3.74. The van der Waals surface area contributed by atoms with Crippen LogP contribution in [0.5, 0.6) is 0 Å². The van der Waals surface area contributed by atoms with Crippen molar-refractivity contribution in [2.45, 2.75) is 56.2 Å². The zero-order valence-corrected chi connectivity index (χ0v) is 13.6. The van der Waals surface area contributed by atoms with Gasteiger partial charge < -0.3 is 14.6 Å². The molecule has 112 valence electrons. The Morgan fingerprint density at radius 1 is 1.40 bits per heavy atom. The number of aliphatic hydroxyl groups excluding tert-OH is 1. The maximum Gasteiger partial charge on any atom is 0.336 e. The van der Waals surface area contributed by atoms with Crippen molar-refractivity contribution in [3.63, 3.8) is 0 Å². The van der Waals surface area contributed by atoms with Crippen LogP contribution >= 0.6 is 15.9 Å². The standard InChI is InChI=1S/C15H21BrO4/c1-14(2)11(16)4-5-15(3)12(14)9(17)6-8-10(20-15)7-19-13(8)18/h6,9-12,17H,4-5,7H2,1-3H3/t9-,10?,11+,12+,15+/m1/s1. The van der Waals surface area contributed by atoms with Crippen LogP contribution in [0.25, 0.3) is 0 Å². The van der Waals surface area contributed by atoms with Gasteiger partial charge in [0.1, 0.15) is 12.7 Å². The molecule has 4 nitrogen and oxygen atoms in total. The zero-order valence-electron chi connectivity index (χ0n) is 12.1. The van der Waals surface area contributed by atoms with Crippen molar-refractivity contribution in [3.8, 4) is 0 Å². The van der Waals surface area contributed by atoms with Gasteiger partial charge in [-0.15, -0.1) is 0 Å². The molecular formula is C15H21BrO4. The third-order valence-corrected chi connectivity index (χ3v) is 6.85. The normalized spacial score (nSPS) is 46.9. The Morgan fingerprint density at radius 3 is 2.80 bits per heavy atom. The molecular weight excluding hydrogens is 324 g/mol. The fourth-order valence-corrected chi connectivity index (χ4v) is 4.70. The summed E-state index contributed by atoms with van der Waals surface area (Å²) in [6.07, 6.45) is 2.47. The monoisotopic (exact) mass is 344 g/mol. The van der Waals surface area contributed by atoms with Gasteiger partial charge in [0.15, 0.2) is 0 Å². The van der Waals surface area contributed by atoms with E-state index in [4.69, 9.17) is 9.47 Å². The Balaban J connectivity index is 2.05. The van der Waals surface area contributed by atoms with E-state index >= 15 is 0 Å². The highest BCUT2D eigenvalue weighted by molar-refractivity contribution is 9.09. The summed E-state index contributed by atoms with van der Waals surface area (Å²) < 4.78 is 11.3. The molecule has 0 bridgehead atoms. The molecule has 5 atom stereocenters. The van der Waals surface area contributed by atoms with Crippen LogP contribution in [0.2, 0.25) is 0 Å². The number of carbonyl (C=O) groups excluding carboxylic acids is 1. The highest BCUT2D eigenvalue weighted by Gasteiger charge is 2.57. The maximum atomic E-state index is 11.8. The van der Waals surface area contributed by atoms with Crippen LogP contribution in [0, 0.1) is 11.3 Å². The molecule has 0 amide bonds. The topological polar surface area (TPSA) is 55.8 Å². The third-order valence-electron chi connectivity index (χ3n) is 5.21. The first-order chi connectivity index (χ1) is 9.25. The maximum absolute atomic E-state index is 11.8. The van der Waals surface area contributed by atoms with Gasteiger partial charge in [-0.1, -0.05) is 29.8 Å². The number of carbonyl (C=O) groups is 1. The minimum Gasteiger partial charge on any atom is -0.459 e. The molecule has 1 unspecified atom stereocenters. The van der Waals surface area contributed by atoms with E-state index in [1.54, 1.807) is 6.08 Å². The predicted molar refractivity (Wildman–Crippen MR) is 77.5 cm³/mol. The van der Waals surface area contributed by atoms with Gasteiger partial charge in [-0.2, -0.15) is 0 Å². The number of cyclic esters (lactones) is 1. The molecule has 1 saturated heterocycles. The Kier molecular flexibility index (Phi) is 3.31. The van der Waals surface area contributed by atoms with Gasteiger partial charge >= 0.3 is 5.97 Å². The number of esters is 1. The molecule has 1 saturated carbocycles. The van der Waals surface area contributed by atoms with Crippen molar-refractivity contribution in [3.05, 3.63) is 11.6 Å². The number of rotatable bonds is 0. The van der Waals surface area contributed by atoms with Crippen molar-refractivity contribution in [2.75, 3.05) is 6.61 Å². The van der Waals surface area contributed by atoms with Gasteiger partial charge in [0.25, 0.3) is 0 Å². The van der Waals surface area contributed by atoms with Crippen molar-refractivity contribution >= 4 is 21.9 Å². The number of alkyl halides is 1. The Labute approximate surface area is 127 Å². The molecule has 0 radical (unpaired) electrons. The average molecular weight is 345 g/mol. The lowest BCUT2D eigenvalue weighted by Gasteiger charge is -2.53. The number of hydrogen-bond donors (Lipinski definition) is 1. The van der Waals surface area contributed by atoms with Gasteiger partial charge in [-0.05, 0) is 31.3 Å². The van der Waals surface area contributed by atoms with Crippen LogP contribution in [-0.2, 0) is 14.3 Å². The second-order valence-corrected chi connectivity index (χ2v) is 8.04. The number of aliphatic hydroxyl groups is 1. The molecule has 5 heteroatoms. The second-order valence-electron chi connectivity index (χ2n) is 6.94. The van der Waals surface area contributed by atoms with E-state index in [0.29, 0.717) is 10.4 Å². The summed E-state index contributed by atoms with van der Waals surface area (Å²) in [5.74, 6) is -0.413. The molecule has 0 spiro atoms. The number of hydrogen-bond acceptors (Lipinski definition) is 4. The summed E-state index contributed by atoms with van der Waals surface area (Å²) in [7, 11) is 0. The van der Waals surface area contributed by atoms with Gasteiger partial charge in [-0.3, -0.25) is 0 Å². The quantitative estimate of drug-likeness (QED) is 0.540. The Morgan fingerprint density at radius 2 is 2.10 bits per heavy atom. The van der Waals surface area contributed by atoms with Crippen LogP contribution < -0.4 is 0 Å². The Hall–Kier alpha value is -0.390. The minimum absolute atomic E-state index is 0.0565. The zero-order chi connectivity index (χ0) is 14.7. The molecule has 2 fully saturated rings. The first-order valence-corrected chi connectivity index (χ1v) is 8.06. The molecule has 3 rings (SSSR count). The number of ether oxygens (including phenoxy) is 2. The first-order valence-electron chi connectivity index (χ1n) is 7.14. The molecule has 1 N–H and O–H groups in total. The summed E-state index contributed by atoms with van der Waals surface area (Å²) in [5.41, 5.74) is -0.0779. The lowest BCUT2D eigenvalue weighted by atomic mass is 9.59. The molecule has 1 aliphatic carbocycles. The van der Waals surface area contributed by atoms with Crippen LogP contribution in [0.3, 0.4) is 0 Å². The lowest BCUT2D eigenvalue weighted by Crippen LogP contribution is -2.57. The molecule has 0 aromatic heterocycles. The summed E-state index contributed by atoms with van der Waals surface area (Å²) in [5, 5.41) is 10.7. The third kappa shape index (κ3) is 1.97. The molecule has 2 aliphatic heterocycles. The summed E-state index contributed by atoms with van der Waals surface area (Å²) in [4.78, 5) is 12.1. The minimum atomic E-state index is -0.694. The van der Waals surface area contributed by atoms with Crippen LogP contribution in [-0.4, -0.2) is 40.3 Å². The van der Waals surface area contributed by atoms with Gasteiger partial charge in [0.05, 0.1) is 17.3 Å². The SMILES string of the molecule is CC1(C)[C@@H](Br)CC[C@]2(C)OC3COC(=O)C3=C[C@@H](O)[C@@H]12. The van der Waals surface area contributed by atoms with Crippen molar-refractivity contribution < 1.29 is 19.4 Å². The fraction of sp³-hybridized carbons (Fsp3) is 0.800. The highest BCUT2D eigenvalue weighted by Crippen LogP contribution is 2.54. The van der Waals surface area contributed by atoms with Crippen molar-refractivity contribution in [1.29, 1.82) is 0 Å². The van der Waals surface area contributed by atoms with Crippen molar-refractivity contribution in [1.82, 2.24) is 0 Å². The van der Waals surface area contributed by atoms with E-state index in [-0.39, 0.29) is 30.0 Å². The van der Waals surface area contributed by atoms with Crippen molar-refractivity contribution in [2.24, 2.45) is 11.3 Å². The largest absolute Gasteiger partial charge is 0.459 e. The molecule has 2 heterocycles.